The first-order chi connectivity index (χ1) is 13.4. The standard InChI is InChI=1S/C21H18N4O3/c1-24-12-11-21(28,19(24)26)10-9-14-5-4-6-15(13-14)18-16-7-2-3-8-17(16)25(23-18)20(22)27/h2-8,13,28H,11-12H2,1H3,(H2,22,27). The maximum atomic E-state index is 12.1. The summed E-state index contributed by atoms with van der Waals surface area (Å²) in [5.41, 5.74) is 6.40. The molecule has 0 aliphatic carbocycles. The van der Waals surface area contributed by atoms with Crippen LogP contribution < -0.4 is 5.73 Å². The minimum Gasteiger partial charge on any atom is -0.369 e. The summed E-state index contributed by atoms with van der Waals surface area (Å²) in [5, 5.41) is 15.6. The van der Waals surface area contributed by atoms with E-state index in [0.29, 0.717) is 23.3 Å². The first kappa shape index (κ1) is 17.8. The van der Waals surface area contributed by atoms with Gasteiger partial charge in [-0.15, -0.1) is 0 Å². The van der Waals surface area contributed by atoms with Crippen LogP contribution in [-0.2, 0) is 4.79 Å². The van der Waals surface area contributed by atoms with Gasteiger partial charge in [-0.2, -0.15) is 9.78 Å². The third-order valence-corrected chi connectivity index (χ3v) is 4.86. The predicted octanol–water partition coefficient (Wildman–Crippen LogP) is 1.57. The summed E-state index contributed by atoms with van der Waals surface area (Å²) in [6.45, 7) is 0.473. The van der Waals surface area contributed by atoms with Crippen molar-refractivity contribution >= 4 is 22.8 Å². The SMILES string of the molecule is CN1CCC(O)(C#Cc2cccc(-c3nn(C(N)=O)c4ccccc34)c2)C1=O. The molecule has 3 aromatic rings. The summed E-state index contributed by atoms with van der Waals surface area (Å²) in [4.78, 5) is 25.2. The topological polar surface area (TPSA) is 101 Å². The van der Waals surface area contributed by atoms with Crippen molar-refractivity contribution in [2.75, 3.05) is 13.6 Å². The Morgan fingerprint density at radius 1 is 1.25 bits per heavy atom. The fourth-order valence-electron chi connectivity index (χ4n) is 3.34. The number of primary amides is 1. The van der Waals surface area contributed by atoms with Crippen molar-refractivity contribution in [2.45, 2.75) is 12.0 Å². The number of carbonyl (C=O) groups is 2. The molecule has 1 aliphatic heterocycles. The quantitative estimate of drug-likeness (QED) is 0.631. The molecule has 4 rings (SSSR count). The Bertz CT molecular complexity index is 1170. The molecule has 0 bridgehead atoms. The van der Waals surface area contributed by atoms with Gasteiger partial charge in [-0.1, -0.05) is 42.2 Å². The van der Waals surface area contributed by atoms with E-state index in [9.17, 15) is 14.7 Å². The minimum atomic E-state index is -1.65. The van der Waals surface area contributed by atoms with Crippen molar-refractivity contribution in [3.05, 3.63) is 54.1 Å². The van der Waals surface area contributed by atoms with Crippen LogP contribution in [0.5, 0.6) is 0 Å². The first-order valence-corrected chi connectivity index (χ1v) is 8.78. The number of aromatic nitrogens is 2. The van der Waals surface area contributed by atoms with Crippen LogP contribution in [0, 0.1) is 11.8 Å². The fourth-order valence-corrected chi connectivity index (χ4v) is 3.34. The molecule has 1 aromatic heterocycles. The number of nitrogens with zero attached hydrogens (tertiary/aromatic N) is 3. The maximum absolute atomic E-state index is 12.1. The molecular formula is C21H18N4O3. The summed E-state index contributed by atoms with van der Waals surface area (Å²) in [7, 11) is 1.64. The number of para-hydroxylation sites is 1. The average molecular weight is 374 g/mol. The van der Waals surface area contributed by atoms with E-state index in [1.54, 1.807) is 25.2 Å². The number of likely N-dealkylation sites (N-methyl/N-ethyl adjacent to an activating group) is 1. The highest BCUT2D eigenvalue weighted by Gasteiger charge is 2.42. The molecule has 1 atom stereocenters. The monoisotopic (exact) mass is 374 g/mol. The third-order valence-electron chi connectivity index (χ3n) is 4.86. The maximum Gasteiger partial charge on any atom is 0.340 e. The lowest BCUT2D eigenvalue weighted by Crippen LogP contribution is -2.37. The lowest BCUT2D eigenvalue weighted by atomic mass is 10.0. The molecule has 7 nitrogen and oxygen atoms in total. The molecule has 0 spiro atoms. The van der Waals surface area contributed by atoms with Gasteiger partial charge >= 0.3 is 6.03 Å². The zero-order valence-corrected chi connectivity index (χ0v) is 15.2. The highest BCUT2D eigenvalue weighted by Crippen LogP contribution is 2.28. The molecule has 1 saturated heterocycles. The van der Waals surface area contributed by atoms with Crippen LogP contribution in [0.4, 0.5) is 4.79 Å². The molecule has 1 unspecified atom stereocenters. The molecule has 2 amide bonds. The Balaban J connectivity index is 1.76. The van der Waals surface area contributed by atoms with Gasteiger partial charge in [-0.3, -0.25) is 4.79 Å². The highest BCUT2D eigenvalue weighted by atomic mass is 16.3. The Hall–Kier alpha value is -3.63. The van der Waals surface area contributed by atoms with E-state index in [2.05, 4.69) is 16.9 Å². The molecule has 140 valence electrons. The summed E-state index contributed by atoms with van der Waals surface area (Å²) >= 11 is 0. The van der Waals surface area contributed by atoms with Crippen molar-refractivity contribution in [2.24, 2.45) is 5.73 Å². The summed E-state index contributed by atoms with van der Waals surface area (Å²) in [5.74, 6) is 5.21. The normalized spacial score (nSPS) is 18.9. The van der Waals surface area contributed by atoms with Gasteiger partial charge < -0.3 is 15.7 Å². The largest absolute Gasteiger partial charge is 0.369 e. The number of rotatable bonds is 1. The second-order valence-corrected chi connectivity index (χ2v) is 6.78. The fraction of sp³-hybridized carbons (Fsp3) is 0.190. The van der Waals surface area contributed by atoms with Crippen molar-refractivity contribution in [3.63, 3.8) is 0 Å². The molecule has 1 aliphatic rings. The lowest BCUT2D eigenvalue weighted by molar-refractivity contribution is -0.137. The van der Waals surface area contributed by atoms with Gasteiger partial charge in [0.15, 0.2) is 0 Å². The van der Waals surface area contributed by atoms with Gasteiger partial charge in [0.25, 0.3) is 5.91 Å². The van der Waals surface area contributed by atoms with Crippen LogP contribution in [0.25, 0.3) is 22.2 Å². The van der Waals surface area contributed by atoms with Gasteiger partial charge in [0.1, 0.15) is 5.69 Å². The molecular weight excluding hydrogens is 356 g/mol. The van der Waals surface area contributed by atoms with Crippen LogP contribution in [0.2, 0.25) is 0 Å². The first-order valence-electron chi connectivity index (χ1n) is 8.78. The van der Waals surface area contributed by atoms with Crippen molar-refractivity contribution < 1.29 is 14.7 Å². The minimum absolute atomic E-state index is 0.280. The second-order valence-electron chi connectivity index (χ2n) is 6.78. The van der Waals surface area contributed by atoms with E-state index in [-0.39, 0.29) is 12.3 Å². The van der Waals surface area contributed by atoms with Crippen molar-refractivity contribution in [1.82, 2.24) is 14.7 Å². The van der Waals surface area contributed by atoms with Gasteiger partial charge in [-0.05, 0) is 18.2 Å². The number of hydrogen-bond donors (Lipinski definition) is 2. The van der Waals surface area contributed by atoms with Crippen molar-refractivity contribution in [1.29, 1.82) is 0 Å². The van der Waals surface area contributed by atoms with E-state index < -0.39 is 11.6 Å². The van der Waals surface area contributed by atoms with Gasteiger partial charge in [0, 0.05) is 36.5 Å². The Kier molecular flexibility index (Phi) is 4.13. The highest BCUT2D eigenvalue weighted by molar-refractivity contribution is 5.98. The molecule has 3 N–H and O–H groups in total. The smallest absolute Gasteiger partial charge is 0.340 e. The number of benzene rings is 2. The second kappa shape index (κ2) is 6.51. The zero-order valence-electron chi connectivity index (χ0n) is 15.2. The van der Waals surface area contributed by atoms with E-state index in [0.717, 1.165) is 10.9 Å². The van der Waals surface area contributed by atoms with Gasteiger partial charge in [-0.25, -0.2) is 4.79 Å². The van der Waals surface area contributed by atoms with E-state index >= 15 is 0 Å². The Labute approximate surface area is 161 Å². The van der Waals surface area contributed by atoms with Crippen molar-refractivity contribution in [3.8, 4) is 23.1 Å². The van der Waals surface area contributed by atoms with E-state index in [4.69, 9.17) is 5.73 Å². The molecule has 2 heterocycles. The van der Waals surface area contributed by atoms with E-state index in [1.165, 1.54) is 9.58 Å². The number of hydrogen-bond acceptors (Lipinski definition) is 4. The summed E-state index contributed by atoms with van der Waals surface area (Å²) in [6, 6.07) is 13.9. The summed E-state index contributed by atoms with van der Waals surface area (Å²) < 4.78 is 1.17. The van der Waals surface area contributed by atoms with Gasteiger partial charge in [0.2, 0.25) is 5.60 Å². The molecule has 1 fully saturated rings. The average Bonchev–Trinajstić information content (AvgIpc) is 3.21. The Morgan fingerprint density at radius 3 is 2.75 bits per heavy atom. The van der Waals surface area contributed by atoms with Crippen LogP contribution in [0.3, 0.4) is 0 Å². The molecule has 7 heteroatoms. The van der Waals surface area contributed by atoms with Crippen LogP contribution >= 0.6 is 0 Å². The number of likely N-dealkylation sites (tertiary alicyclic amines) is 1. The van der Waals surface area contributed by atoms with Crippen LogP contribution in [0.1, 0.15) is 12.0 Å². The summed E-state index contributed by atoms with van der Waals surface area (Å²) in [6.07, 6.45) is 0.280. The molecule has 0 saturated carbocycles. The van der Waals surface area contributed by atoms with Crippen LogP contribution in [-0.4, -0.2) is 50.9 Å². The number of carbonyl (C=O) groups excluding carboxylic acids is 2. The van der Waals surface area contributed by atoms with Gasteiger partial charge in [0.05, 0.1) is 5.52 Å². The molecule has 2 aromatic carbocycles. The van der Waals surface area contributed by atoms with Crippen LogP contribution in [0.15, 0.2) is 48.5 Å². The number of aliphatic hydroxyl groups is 1. The number of nitrogens with two attached hydrogens (primary N) is 1. The lowest BCUT2D eigenvalue weighted by Gasteiger charge is -2.13. The Morgan fingerprint density at radius 2 is 2.04 bits per heavy atom. The third kappa shape index (κ3) is 2.90. The molecule has 28 heavy (non-hydrogen) atoms. The van der Waals surface area contributed by atoms with E-state index in [1.807, 2.05) is 30.3 Å². The molecule has 0 radical (unpaired) electrons. The number of fused-ring (bicyclic) bond motifs is 1. The number of amides is 2. The predicted molar refractivity (Wildman–Crippen MR) is 104 cm³/mol. The zero-order chi connectivity index (χ0) is 19.9.